The molecule has 2 aromatic heterocycles. The van der Waals surface area contributed by atoms with Crippen LogP contribution in [0, 0.1) is 20.2 Å². The Labute approximate surface area is 217 Å². The van der Waals surface area contributed by atoms with Gasteiger partial charge in [0, 0.05) is 34.2 Å². The summed E-state index contributed by atoms with van der Waals surface area (Å²) in [6.45, 7) is 3.88. The summed E-state index contributed by atoms with van der Waals surface area (Å²) in [4.78, 5) is 43.2. The minimum atomic E-state index is -0.635. The van der Waals surface area contributed by atoms with Gasteiger partial charge in [-0.3, -0.25) is 25.0 Å². The maximum atomic E-state index is 13.4. The molecule has 0 saturated heterocycles. The predicted octanol–water partition coefficient (Wildman–Crippen LogP) is 5.56. The highest BCUT2D eigenvalue weighted by molar-refractivity contribution is 9.10. The maximum Gasteiger partial charge on any atom is 0.312 e. The van der Waals surface area contributed by atoms with Crippen LogP contribution >= 0.6 is 15.9 Å². The van der Waals surface area contributed by atoms with Crippen LogP contribution in [0.1, 0.15) is 37.6 Å². The van der Waals surface area contributed by atoms with Gasteiger partial charge in [-0.25, -0.2) is 9.97 Å². The Balaban J connectivity index is 1.84. The number of nitro benzene ring substituents is 1. The second-order valence-corrected chi connectivity index (χ2v) is 8.88. The molecular formula is C24H19BrN6O6. The lowest BCUT2D eigenvalue weighted by molar-refractivity contribution is -0.385. The number of aromatic nitrogens is 3. The molecule has 0 unspecified atom stereocenters. The average molecular weight is 567 g/mol. The zero-order valence-electron chi connectivity index (χ0n) is 19.6. The summed E-state index contributed by atoms with van der Waals surface area (Å²) < 4.78 is 7.54. The smallest absolute Gasteiger partial charge is 0.312 e. The summed E-state index contributed by atoms with van der Waals surface area (Å²) in [5.74, 6) is 0.0445. The van der Waals surface area contributed by atoms with Gasteiger partial charge < -0.3 is 4.74 Å². The van der Waals surface area contributed by atoms with Crippen molar-refractivity contribution in [1.82, 2.24) is 14.6 Å². The van der Waals surface area contributed by atoms with Gasteiger partial charge in [-0.15, -0.1) is 0 Å². The molecule has 0 aliphatic rings. The molecule has 0 radical (unpaired) electrons. The van der Waals surface area contributed by atoms with Crippen molar-refractivity contribution in [2.45, 2.75) is 26.2 Å². The molecule has 0 N–H and O–H groups in total. The number of hydrogen-bond donors (Lipinski definition) is 0. The predicted molar refractivity (Wildman–Crippen MR) is 139 cm³/mol. The normalized spacial score (nSPS) is 12.1. The molecule has 2 heterocycles. The Morgan fingerprint density at radius 1 is 1.16 bits per heavy atom. The van der Waals surface area contributed by atoms with Crippen molar-refractivity contribution in [3.8, 4) is 11.6 Å². The van der Waals surface area contributed by atoms with Crippen LogP contribution in [0.25, 0.3) is 10.9 Å². The number of hydrogen-bond acceptors (Lipinski definition) is 9. The van der Waals surface area contributed by atoms with Crippen molar-refractivity contribution < 1.29 is 14.6 Å². The molecule has 1 atom stereocenters. The number of benzene rings is 2. The first-order valence-corrected chi connectivity index (χ1v) is 11.8. The van der Waals surface area contributed by atoms with E-state index in [1.54, 1.807) is 18.2 Å². The molecule has 13 heteroatoms. The van der Waals surface area contributed by atoms with E-state index in [-0.39, 0.29) is 34.5 Å². The van der Waals surface area contributed by atoms with E-state index in [0.717, 1.165) is 6.20 Å². The molecule has 0 amide bonds. The minimum Gasteiger partial charge on any atom is -0.431 e. The lowest BCUT2D eigenvalue weighted by Crippen LogP contribution is -2.23. The van der Waals surface area contributed by atoms with E-state index >= 15 is 0 Å². The van der Waals surface area contributed by atoms with Crippen LogP contribution < -0.4 is 10.3 Å². The summed E-state index contributed by atoms with van der Waals surface area (Å²) in [5, 5.41) is 27.3. The number of nitrogens with zero attached hydrogens (tertiary/aromatic N) is 6. The molecule has 0 aliphatic carbocycles. The number of halogens is 1. The highest BCUT2D eigenvalue weighted by atomic mass is 79.9. The zero-order chi connectivity index (χ0) is 26.7. The molecule has 0 spiro atoms. The van der Waals surface area contributed by atoms with Gasteiger partial charge in [-0.2, -0.15) is 9.78 Å². The van der Waals surface area contributed by atoms with Gasteiger partial charge in [-0.1, -0.05) is 35.8 Å². The molecular weight excluding hydrogens is 548 g/mol. The third-order valence-corrected chi connectivity index (χ3v) is 6.05. The lowest BCUT2D eigenvalue weighted by atomic mass is 10.1. The Morgan fingerprint density at radius 3 is 2.59 bits per heavy atom. The van der Waals surface area contributed by atoms with Crippen LogP contribution in [0.5, 0.6) is 11.6 Å². The first-order chi connectivity index (χ1) is 17.7. The quantitative estimate of drug-likeness (QED) is 0.152. The van der Waals surface area contributed by atoms with Crippen LogP contribution in [0.2, 0.25) is 0 Å². The van der Waals surface area contributed by atoms with E-state index in [1.165, 1.54) is 41.2 Å². The van der Waals surface area contributed by atoms with Crippen LogP contribution in [0.3, 0.4) is 0 Å². The van der Waals surface area contributed by atoms with Crippen molar-refractivity contribution in [1.29, 1.82) is 0 Å². The molecule has 4 rings (SSSR count). The van der Waals surface area contributed by atoms with E-state index in [4.69, 9.17) is 4.74 Å². The third-order valence-electron chi connectivity index (χ3n) is 5.56. The number of fused-ring (bicyclic) bond motifs is 1. The largest absolute Gasteiger partial charge is 0.431 e. The number of pyridine rings is 1. The van der Waals surface area contributed by atoms with Crippen molar-refractivity contribution in [3.05, 3.63) is 101 Å². The SMILES string of the molecule is CC[C@H](C)c1nc2ccc(Br)cc2c(=O)n1N=Cc1cccc([N+](=O)[O-])c1Oc1ccc([N+](=O)[O-])cn1. The average Bonchev–Trinajstić information content (AvgIpc) is 2.88. The summed E-state index contributed by atoms with van der Waals surface area (Å²) in [5.41, 5.74) is -0.324. The monoisotopic (exact) mass is 566 g/mol. The Morgan fingerprint density at radius 2 is 1.95 bits per heavy atom. The van der Waals surface area contributed by atoms with Crippen molar-refractivity contribution in [3.63, 3.8) is 0 Å². The van der Waals surface area contributed by atoms with Gasteiger partial charge in [0.25, 0.3) is 11.2 Å². The summed E-state index contributed by atoms with van der Waals surface area (Å²) >= 11 is 3.36. The molecule has 0 aliphatic heterocycles. The molecule has 4 aromatic rings. The van der Waals surface area contributed by atoms with Crippen molar-refractivity contribution in [2.24, 2.45) is 5.10 Å². The fourth-order valence-corrected chi connectivity index (χ4v) is 3.80. The van der Waals surface area contributed by atoms with Crippen LogP contribution in [0.15, 0.2) is 69.1 Å². The summed E-state index contributed by atoms with van der Waals surface area (Å²) in [6, 6.07) is 11.8. The molecule has 0 saturated carbocycles. The summed E-state index contributed by atoms with van der Waals surface area (Å²) in [6.07, 6.45) is 2.95. The number of nitro groups is 2. The number of ether oxygens (including phenoxy) is 1. The van der Waals surface area contributed by atoms with E-state index < -0.39 is 15.4 Å². The first-order valence-electron chi connectivity index (χ1n) is 11.0. The van der Waals surface area contributed by atoms with Gasteiger partial charge in [0.05, 0.1) is 27.0 Å². The Kier molecular flexibility index (Phi) is 7.34. The van der Waals surface area contributed by atoms with Gasteiger partial charge in [0.1, 0.15) is 12.0 Å². The van der Waals surface area contributed by atoms with Crippen LogP contribution in [0.4, 0.5) is 11.4 Å². The van der Waals surface area contributed by atoms with E-state index in [0.29, 0.717) is 27.6 Å². The topological polar surface area (TPSA) is 156 Å². The van der Waals surface area contributed by atoms with Crippen molar-refractivity contribution in [2.75, 3.05) is 0 Å². The fraction of sp³-hybridized carbons (Fsp3) is 0.167. The standard InChI is InChI=1S/C24H19BrN6O6/c1-3-14(2)23-28-19-9-7-16(25)11-18(19)24(32)29(23)27-12-15-5-4-6-20(31(35)36)22(15)37-21-10-8-17(13-26-21)30(33)34/h4-14H,3H2,1-2H3/t14-/m0/s1. The van der Waals surface area contributed by atoms with Gasteiger partial charge in [0.2, 0.25) is 11.6 Å². The molecule has 2 aromatic carbocycles. The zero-order valence-corrected chi connectivity index (χ0v) is 21.2. The number of para-hydroxylation sites is 1. The van der Waals surface area contributed by atoms with Crippen LogP contribution in [-0.2, 0) is 0 Å². The minimum absolute atomic E-state index is 0.0933. The number of rotatable bonds is 8. The Bertz CT molecular complexity index is 1600. The Hall–Kier alpha value is -4.52. The molecule has 188 valence electrons. The first kappa shape index (κ1) is 25.6. The third kappa shape index (κ3) is 5.35. The highest BCUT2D eigenvalue weighted by Gasteiger charge is 2.21. The molecule has 0 fully saturated rings. The van der Waals surface area contributed by atoms with Gasteiger partial charge >= 0.3 is 5.69 Å². The van der Waals surface area contributed by atoms with E-state index in [9.17, 15) is 25.0 Å². The van der Waals surface area contributed by atoms with E-state index in [2.05, 4.69) is 31.0 Å². The second kappa shape index (κ2) is 10.6. The highest BCUT2D eigenvalue weighted by Crippen LogP contribution is 2.34. The van der Waals surface area contributed by atoms with Crippen LogP contribution in [-0.4, -0.2) is 30.7 Å². The summed E-state index contributed by atoms with van der Waals surface area (Å²) in [7, 11) is 0. The van der Waals surface area contributed by atoms with Gasteiger partial charge in [-0.05, 0) is 30.7 Å². The molecule has 37 heavy (non-hydrogen) atoms. The fourth-order valence-electron chi connectivity index (χ4n) is 3.44. The van der Waals surface area contributed by atoms with E-state index in [1.807, 2.05) is 13.8 Å². The lowest BCUT2D eigenvalue weighted by Gasteiger charge is -2.14. The molecule has 12 nitrogen and oxygen atoms in total. The molecule has 0 bridgehead atoms. The van der Waals surface area contributed by atoms with Crippen molar-refractivity contribution >= 4 is 44.4 Å². The maximum absolute atomic E-state index is 13.4. The second-order valence-electron chi connectivity index (χ2n) is 7.97. The van der Waals surface area contributed by atoms with Gasteiger partial charge in [0.15, 0.2) is 0 Å².